The van der Waals surface area contributed by atoms with Gasteiger partial charge in [0.15, 0.2) is 0 Å². The van der Waals surface area contributed by atoms with Crippen LogP contribution in [0.25, 0.3) is 0 Å². The van der Waals surface area contributed by atoms with Gasteiger partial charge in [-0.25, -0.2) is 4.39 Å². The van der Waals surface area contributed by atoms with Crippen LogP contribution in [-0.4, -0.2) is 32.3 Å². The first-order valence-corrected chi connectivity index (χ1v) is 9.07. The summed E-state index contributed by atoms with van der Waals surface area (Å²) in [5.74, 6) is -1.80. The van der Waals surface area contributed by atoms with Crippen molar-refractivity contribution >= 4 is 34.9 Å². The SMILES string of the molecule is Cn1nc(C2CCC(O)(CC(N)=O)C2)c(C(=O)Nc2ccc(F)c(Cl)c2)c1N. The predicted octanol–water partition coefficient (Wildman–Crippen LogP) is 1.92. The maximum Gasteiger partial charge on any atom is 0.261 e. The highest BCUT2D eigenvalue weighted by molar-refractivity contribution is 6.31. The molecular weight excluding hydrogens is 389 g/mol. The van der Waals surface area contributed by atoms with E-state index >= 15 is 0 Å². The zero-order chi connectivity index (χ0) is 20.6. The predicted molar refractivity (Wildman–Crippen MR) is 102 cm³/mol. The first-order valence-electron chi connectivity index (χ1n) is 8.69. The van der Waals surface area contributed by atoms with Gasteiger partial charge in [0, 0.05) is 18.7 Å². The zero-order valence-electron chi connectivity index (χ0n) is 15.2. The molecule has 10 heteroatoms. The van der Waals surface area contributed by atoms with Crippen molar-refractivity contribution in [3.05, 3.63) is 40.3 Å². The van der Waals surface area contributed by atoms with E-state index in [0.717, 1.165) is 6.07 Å². The summed E-state index contributed by atoms with van der Waals surface area (Å²) >= 11 is 5.75. The van der Waals surface area contributed by atoms with Crippen LogP contribution in [0.1, 0.15) is 47.7 Å². The Bertz CT molecular complexity index is 948. The van der Waals surface area contributed by atoms with Crippen molar-refractivity contribution in [2.75, 3.05) is 11.1 Å². The Hall–Kier alpha value is -2.65. The lowest BCUT2D eigenvalue weighted by Crippen LogP contribution is -2.31. The van der Waals surface area contributed by atoms with E-state index in [1.807, 2.05) is 0 Å². The number of carbonyl (C=O) groups is 2. The molecule has 0 spiro atoms. The van der Waals surface area contributed by atoms with Crippen LogP contribution in [0, 0.1) is 5.82 Å². The molecule has 1 aromatic carbocycles. The number of hydrogen-bond acceptors (Lipinski definition) is 5. The van der Waals surface area contributed by atoms with E-state index in [0.29, 0.717) is 24.2 Å². The molecule has 2 atom stereocenters. The number of nitrogens with two attached hydrogens (primary N) is 2. The average molecular weight is 410 g/mol. The molecule has 1 aromatic heterocycles. The van der Waals surface area contributed by atoms with E-state index in [4.69, 9.17) is 23.1 Å². The third-order valence-corrected chi connectivity index (χ3v) is 5.29. The summed E-state index contributed by atoms with van der Waals surface area (Å²) in [6, 6.07) is 3.82. The monoisotopic (exact) mass is 409 g/mol. The number of primary amides is 1. The van der Waals surface area contributed by atoms with E-state index in [1.165, 1.54) is 16.8 Å². The van der Waals surface area contributed by atoms with E-state index in [2.05, 4.69) is 10.4 Å². The number of benzene rings is 1. The van der Waals surface area contributed by atoms with Gasteiger partial charge in [-0.15, -0.1) is 0 Å². The fourth-order valence-corrected chi connectivity index (χ4v) is 3.85. The Balaban J connectivity index is 1.87. The van der Waals surface area contributed by atoms with Gasteiger partial charge in [0.05, 0.1) is 22.7 Å². The molecule has 150 valence electrons. The molecule has 2 unspecified atom stereocenters. The molecule has 0 bridgehead atoms. The molecule has 8 nitrogen and oxygen atoms in total. The van der Waals surface area contributed by atoms with Crippen molar-refractivity contribution in [3.63, 3.8) is 0 Å². The third kappa shape index (κ3) is 3.95. The van der Waals surface area contributed by atoms with Crippen molar-refractivity contribution in [2.24, 2.45) is 12.8 Å². The van der Waals surface area contributed by atoms with Gasteiger partial charge in [-0.1, -0.05) is 11.6 Å². The molecule has 2 aromatic rings. The molecule has 0 saturated heterocycles. The fraction of sp³-hybridized carbons (Fsp3) is 0.389. The smallest absolute Gasteiger partial charge is 0.261 e. The van der Waals surface area contributed by atoms with Gasteiger partial charge in [0.1, 0.15) is 17.2 Å². The average Bonchev–Trinajstić information content (AvgIpc) is 3.11. The number of hydrogen-bond donors (Lipinski definition) is 4. The second kappa shape index (κ2) is 7.40. The van der Waals surface area contributed by atoms with Crippen molar-refractivity contribution in [2.45, 2.75) is 37.2 Å². The summed E-state index contributed by atoms with van der Waals surface area (Å²) in [5.41, 5.74) is 11.0. The lowest BCUT2D eigenvalue weighted by molar-refractivity contribution is -0.122. The zero-order valence-corrected chi connectivity index (χ0v) is 16.0. The molecule has 2 amide bonds. The number of nitrogens with zero attached hydrogens (tertiary/aromatic N) is 2. The molecule has 1 fully saturated rings. The van der Waals surface area contributed by atoms with Gasteiger partial charge < -0.3 is 21.9 Å². The second-order valence-electron chi connectivity index (χ2n) is 7.16. The molecule has 1 saturated carbocycles. The lowest BCUT2D eigenvalue weighted by atomic mass is 9.93. The van der Waals surface area contributed by atoms with Crippen molar-refractivity contribution in [1.29, 1.82) is 0 Å². The van der Waals surface area contributed by atoms with Crippen LogP contribution in [0.5, 0.6) is 0 Å². The molecule has 0 aliphatic heterocycles. The Morgan fingerprint density at radius 3 is 2.86 bits per heavy atom. The van der Waals surface area contributed by atoms with Gasteiger partial charge in [-0.05, 0) is 37.5 Å². The van der Waals surface area contributed by atoms with Crippen LogP contribution in [0.4, 0.5) is 15.9 Å². The summed E-state index contributed by atoms with van der Waals surface area (Å²) in [6.45, 7) is 0. The number of aliphatic hydroxyl groups is 1. The minimum absolute atomic E-state index is 0.121. The summed E-state index contributed by atoms with van der Waals surface area (Å²) in [4.78, 5) is 24.1. The standard InChI is InChI=1S/C18H21ClFN5O3/c1-25-16(22)14(17(27)23-10-2-3-12(20)11(19)6-10)15(24-25)9-4-5-18(28,7-9)8-13(21)26/h2-3,6,9,28H,4-5,7-8,22H2,1H3,(H2,21,26)(H,23,27). The molecule has 1 aliphatic carbocycles. The van der Waals surface area contributed by atoms with Crippen LogP contribution in [0.15, 0.2) is 18.2 Å². The molecule has 0 radical (unpaired) electrons. The van der Waals surface area contributed by atoms with Crippen LogP contribution in [-0.2, 0) is 11.8 Å². The Morgan fingerprint density at radius 2 is 2.21 bits per heavy atom. The van der Waals surface area contributed by atoms with Crippen LogP contribution in [0.3, 0.4) is 0 Å². The molecule has 28 heavy (non-hydrogen) atoms. The lowest BCUT2D eigenvalue weighted by Gasteiger charge is -2.20. The van der Waals surface area contributed by atoms with Crippen molar-refractivity contribution in [1.82, 2.24) is 9.78 Å². The van der Waals surface area contributed by atoms with E-state index in [-0.39, 0.29) is 35.2 Å². The number of nitrogens with one attached hydrogen (secondary N) is 1. The largest absolute Gasteiger partial charge is 0.389 e. The Labute approximate surface area is 165 Å². The summed E-state index contributed by atoms with van der Waals surface area (Å²) < 4.78 is 14.7. The van der Waals surface area contributed by atoms with E-state index in [9.17, 15) is 19.1 Å². The normalized spacial score (nSPS) is 21.6. The number of nitrogen functional groups attached to an aromatic ring is 1. The number of aromatic nitrogens is 2. The summed E-state index contributed by atoms with van der Waals surface area (Å²) in [7, 11) is 1.61. The molecular formula is C18H21ClFN5O3. The van der Waals surface area contributed by atoms with Gasteiger partial charge in [-0.3, -0.25) is 14.3 Å². The maximum absolute atomic E-state index is 13.3. The van der Waals surface area contributed by atoms with Crippen LogP contribution in [0.2, 0.25) is 5.02 Å². The number of aryl methyl sites for hydroxylation is 1. The van der Waals surface area contributed by atoms with E-state index < -0.39 is 23.2 Å². The minimum Gasteiger partial charge on any atom is -0.389 e. The first kappa shape index (κ1) is 20.1. The highest BCUT2D eigenvalue weighted by atomic mass is 35.5. The van der Waals surface area contributed by atoms with Crippen molar-refractivity contribution < 1.29 is 19.1 Å². The number of rotatable bonds is 5. The number of carbonyl (C=O) groups excluding carboxylic acids is 2. The van der Waals surface area contributed by atoms with Gasteiger partial charge in [0.2, 0.25) is 5.91 Å². The number of anilines is 2. The van der Waals surface area contributed by atoms with Crippen LogP contribution < -0.4 is 16.8 Å². The third-order valence-electron chi connectivity index (χ3n) is 5.00. The highest BCUT2D eigenvalue weighted by Crippen LogP contribution is 2.44. The van der Waals surface area contributed by atoms with Crippen LogP contribution >= 0.6 is 11.6 Å². The maximum atomic E-state index is 13.3. The topological polar surface area (TPSA) is 136 Å². The second-order valence-corrected chi connectivity index (χ2v) is 7.57. The summed E-state index contributed by atoms with van der Waals surface area (Å²) in [5, 5.41) is 17.4. The molecule has 3 rings (SSSR count). The van der Waals surface area contributed by atoms with E-state index in [1.54, 1.807) is 7.05 Å². The Morgan fingerprint density at radius 1 is 1.50 bits per heavy atom. The highest BCUT2D eigenvalue weighted by Gasteiger charge is 2.42. The van der Waals surface area contributed by atoms with Crippen molar-refractivity contribution in [3.8, 4) is 0 Å². The summed E-state index contributed by atoms with van der Waals surface area (Å²) in [6.07, 6.45) is 0.991. The minimum atomic E-state index is -1.22. The molecule has 6 N–H and O–H groups in total. The van der Waals surface area contributed by atoms with Gasteiger partial charge >= 0.3 is 0 Å². The first-order chi connectivity index (χ1) is 13.1. The number of halogens is 2. The quantitative estimate of drug-likeness (QED) is 0.598. The van der Waals surface area contributed by atoms with Gasteiger partial charge in [-0.2, -0.15) is 5.10 Å². The molecule has 1 aliphatic rings. The Kier molecular flexibility index (Phi) is 5.31. The van der Waals surface area contributed by atoms with Gasteiger partial charge in [0.25, 0.3) is 5.91 Å². The fourth-order valence-electron chi connectivity index (χ4n) is 3.67. The molecule has 1 heterocycles. The number of amides is 2.